The maximum Gasteiger partial charge on any atom is 0.227 e. The average molecular weight is 284 g/mol. The highest BCUT2D eigenvalue weighted by molar-refractivity contribution is 8.00. The van der Waals surface area contributed by atoms with Crippen LogP contribution in [0.15, 0.2) is 0 Å². The van der Waals surface area contributed by atoms with E-state index in [-0.39, 0.29) is 12.0 Å². The molecule has 0 radical (unpaired) electrons. The van der Waals surface area contributed by atoms with E-state index in [1.807, 2.05) is 11.8 Å². The summed E-state index contributed by atoms with van der Waals surface area (Å²) in [5.41, 5.74) is 6.23. The van der Waals surface area contributed by atoms with Crippen LogP contribution in [0.5, 0.6) is 0 Å². The van der Waals surface area contributed by atoms with E-state index in [0.717, 1.165) is 44.5 Å². The van der Waals surface area contributed by atoms with Crippen LogP contribution in [0.3, 0.4) is 0 Å². The SMILES string of the molecule is CC1(C)CCN(C(=O)C2CCCCCC2N)CCS1. The standard InChI is InChI=1S/C15H28N2OS/c1-15(2)8-9-17(10-11-19-15)14(18)12-6-4-3-5-7-13(12)16/h12-13H,3-11,16H2,1-2H3. The van der Waals surface area contributed by atoms with Crippen LogP contribution < -0.4 is 5.73 Å². The number of thioether (sulfide) groups is 1. The molecule has 2 aliphatic rings. The van der Waals surface area contributed by atoms with E-state index >= 15 is 0 Å². The van der Waals surface area contributed by atoms with E-state index in [1.54, 1.807) is 0 Å². The Morgan fingerprint density at radius 2 is 1.95 bits per heavy atom. The summed E-state index contributed by atoms with van der Waals surface area (Å²) >= 11 is 1.99. The number of hydrogen-bond donors (Lipinski definition) is 1. The highest BCUT2D eigenvalue weighted by atomic mass is 32.2. The quantitative estimate of drug-likeness (QED) is 0.753. The summed E-state index contributed by atoms with van der Waals surface area (Å²) in [4.78, 5) is 14.8. The Morgan fingerprint density at radius 1 is 1.21 bits per heavy atom. The molecule has 0 spiro atoms. The lowest BCUT2D eigenvalue weighted by molar-refractivity contribution is -0.136. The maximum atomic E-state index is 12.7. The summed E-state index contributed by atoms with van der Waals surface area (Å²) in [7, 11) is 0. The van der Waals surface area contributed by atoms with Gasteiger partial charge in [0.1, 0.15) is 0 Å². The highest BCUT2D eigenvalue weighted by Gasteiger charge is 2.33. The summed E-state index contributed by atoms with van der Waals surface area (Å²) in [6, 6.07) is 0.0823. The number of rotatable bonds is 1. The molecular formula is C15H28N2OS. The summed E-state index contributed by atoms with van der Waals surface area (Å²) in [5.74, 6) is 1.46. The first-order valence-electron chi connectivity index (χ1n) is 7.68. The fourth-order valence-corrected chi connectivity index (χ4v) is 4.22. The minimum atomic E-state index is 0.0775. The van der Waals surface area contributed by atoms with Crippen molar-refractivity contribution in [3.8, 4) is 0 Å². The molecule has 1 aliphatic carbocycles. The first-order chi connectivity index (χ1) is 8.99. The fraction of sp³-hybridized carbons (Fsp3) is 0.933. The Labute approximate surface area is 121 Å². The lowest BCUT2D eigenvalue weighted by atomic mass is 9.93. The van der Waals surface area contributed by atoms with Gasteiger partial charge in [0.05, 0.1) is 5.92 Å². The zero-order chi connectivity index (χ0) is 13.9. The fourth-order valence-electron chi connectivity index (χ4n) is 3.12. The van der Waals surface area contributed by atoms with Crippen LogP contribution in [0.1, 0.15) is 52.4 Å². The predicted molar refractivity (Wildman–Crippen MR) is 82.3 cm³/mol. The van der Waals surface area contributed by atoms with Gasteiger partial charge >= 0.3 is 0 Å². The normalized spacial score (nSPS) is 32.5. The van der Waals surface area contributed by atoms with Crippen LogP contribution >= 0.6 is 11.8 Å². The smallest absolute Gasteiger partial charge is 0.227 e. The van der Waals surface area contributed by atoms with Crippen LogP contribution in [-0.4, -0.2) is 40.4 Å². The van der Waals surface area contributed by atoms with E-state index in [1.165, 1.54) is 12.8 Å². The van der Waals surface area contributed by atoms with Gasteiger partial charge in [-0.25, -0.2) is 0 Å². The number of carbonyl (C=O) groups excluding carboxylic acids is 1. The van der Waals surface area contributed by atoms with Crippen molar-refractivity contribution in [3.05, 3.63) is 0 Å². The molecule has 0 aromatic carbocycles. The third-order valence-electron chi connectivity index (χ3n) is 4.54. The summed E-state index contributed by atoms with van der Waals surface area (Å²) in [6.45, 7) is 6.37. The third-order valence-corrected chi connectivity index (χ3v) is 5.91. The molecule has 110 valence electrons. The minimum Gasteiger partial charge on any atom is -0.342 e. The van der Waals surface area contributed by atoms with Crippen LogP contribution in [0, 0.1) is 5.92 Å². The molecule has 2 unspecified atom stereocenters. The molecule has 2 N–H and O–H groups in total. The lowest BCUT2D eigenvalue weighted by Gasteiger charge is -2.29. The van der Waals surface area contributed by atoms with Gasteiger partial charge in [-0.2, -0.15) is 11.8 Å². The molecule has 0 bridgehead atoms. The third kappa shape index (κ3) is 4.12. The Kier molecular flexibility index (Phi) is 5.18. The van der Waals surface area contributed by atoms with Crippen LogP contribution in [0.25, 0.3) is 0 Å². The first kappa shape index (κ1) is 15.2. The molecule has 0 aromatic rings. The van der Waals surface area contributed by atoms with Gasteiger partial charge in [-0.1, -0.05) is 33.1 Å². The highest BCUT2D eigenvalue weighted by Crippen LogP contribution is 2.32. The van der Waals surface area contributed by atoms with Crippen LogP contribution in [0.4, 0.5) is 0 Å². The van der Waals surface area contributed by atoms with E-state index in [2.05, 4.69) is 18.7 Å². The monoisotopic (exact) mass is 284 g/mol. The van der Waals surface area contributed by atoms with Gasteiger partial charge in [-0.15, -0.1) is 0 Å². The van der Waals surface area contributed by atoms with Gasteiger partial charge < -0.3 is 10.6 Å². The number of carbonyl (C=O) groups is 1. The number of nitrogens with two attached hydrogens (primary N) is 1. The second kappa shape index (κ2) is 6.49. The van der Waals surface area contributed by atoms with Crippen molar-refractivity contribution < 1.29 is 4.79 Å². The van der Waals surface area contributed by atoms with Crippen LogP contribution in [0.2, 0.25) is 0 Å². The van der Waals surface area contributed by atoms with Gasteiger partial charge in [-0.3, -0.25) is 4.79 Å². The van der Waals surface area contributed by atoms with Gasteiger partial charge in [0.25, 0.3) is 0 Å². The maximum absolute atomic E-state index is 12.7. The van der Waals surface area contributed by atoms with Gasteiger partial charge in [0, 0.05) is 29.6 Å². The Hall–Kier alpha value is -0.220. The van der Waals surface area contributed by atoms with E-state index in [9.17, 15) is 4.79 Å². The second-order valence-corrected chi connectivity index (χ2v) is 8.39. The molecule has 3 nitrogen and oxygen atoms in total. The molecule has 2 fully saturated rings. The molecule has 2 rings (SSSR count). The van der Waals surface area contributed by atoms with Crippen molar-refractivity contribution in [1.82, 2.24) is 4.90 Å². The zero-order valence-corrected chi connectivity index (χ0v) is 13.2. The number of hydrogen-bond acceptors (Lipinski definition) is 3. The summed E-state index contributed by atoms with van der Waals surface area (Å²) in [6.07, 6.45) is 6.69. The van der Waals surface area contributed by atoms with Gasteiger partial charge in [-0.05, 0) is 19.3 Å². The predicted octanol–water partition coefficient (Wildman–Crippen LogP) is 2.64. The Balaban J connectivity index is 1.98. The molecule has 1 aliphatic heterocycles. The lowest BCUT2D eigenvalue weighted by Crippen LogP contribution is -2.44. The summed E-state index contributed by atoms with van der Waals surface area (Å²) < 4.78 is 0.306. The largest absolute Gasteiger partial charge is 0.342 e. The number of nitrogens with zero attached hydrogens (tertiary/aromatic N) is 1. The molecule has 1 saturated carbocycles. The number of amides is 1. The molecule has 1 heterocycles. The van der Waals surface area contributed by atoms with Crippen molar-refractivity contribution in [2.24, 2.45) is 11.7 Å². The molecule has 1 saturated heterocycles. The topological polar surface area (TPSA) is 46.3 Å². The second-order valence-electron chi connectivity index (χ2n) is 6.59. The van der Waals surface area contributed by atoms with E-state index in [0.29, 0.717) is 10.7 Å². The van der Waals surface area contributed by atoms with Crippen molar-refractivity contribution >= 4 is 17.7 Å². The van der Waals surface area contributed by atoms with Crippen molar-refractivity contribution in [2.75, 3.05) is 18.8 Å². The Morgan fingerprint density at radius 3 is 2.74 bits per heavy atom. The van der Waals surface area contributed by atoms with Gasteiger partial charge in [0.15, 0.2) is 0 Å². The average Bonchev–Trinajstić information content (AvgIpc) is 2.66. The van der Waals surface area contributed by atoms with Gasteiger partial charge in [0.2, 0.25) is 5.91 Å². The zero-order valence-electron chi connectivity index (χ0n) is 12.4. The minimum absolute atomic E-state index is 0.0775. The van der Waals surface area contributed by atoms with E-state index in [4.69, 9.17) is 5.73 Å². The molecule has 4 heteroatoms. The molecule has 1 amide bonds. The Bertz CT molecular complexity index is 319. The van der Waals surface area contributed by atoms with Crippen LogP contribution in [-0.2, 0) is 4.79 Å². The molecule has 2 atom stereocenters. The van der Waals surface area contributed by atoms with Crippen molar-refractivity contribution in [3.63, 3.8) is 0 Å². The van der Waals surface area contributed by atoms with Crippen molar-refractivity contribution in [2.45, 2.75) is 63.2 Å². The molecule has 0 aromatic heterocycles. The molecular weight excluding hydrogens is 256 g/mol. The first-order valence-corrected chi connectivity index (χ1v) is 8.66. The summed E-state index contributed by atoms with van der Waals surface area (Å²) in [5, 5.41) is 0. The van der Waals surface area contributed by atoms with E-state index < -0.39 is 0 Å². The molecule has 19 heavy (non-hydrogen) atoms. The van der Waals surface area contributed by atoms with Crippen molar-refractivity contribution in [1.29, 1.82) is 0 Å².